The van der Waals surface area contributed by atoms with Gasteiger partial charge in [-0.1, -0.05) is 24.3 Å². The molecule has 6 heteroatoms. The van der Waals surface area contributed by atoms with E-state index in [9.17, 15) is 9.59 Å². The molecule has 0 unspecified atom stereocenters. The molecule has 1 N–H and O–H groups in total. The molecule has 2 aromatic rings. The Morgan fingerprint density at radius 3 is 2.28 bits per heavy atom. The van der Waals surface area contributed by atoms with Crippen LogP contribution in [0.25, 0.3) is 0 Å². The maximum Gasteiger partial charge on any atom is 0.244 e. The van der Waals surface area contributed by atoms with Crippen LogP contribution in [0.1, 0.15) is 12.5 Å². The molecule has 0 aromatic heterocycles. The van der Waals surface area contributed by atoms with Gasteiger partial charge in [-0.05, 0) is 29.8 Å². The second kappa shape index (κ2) is 8.73. The van der Waals surface area contributed by atoms with E-state index in [0.29, 0.717) is 18.0 Å². The number of ether oxygens (including phenoxy) is 2. The fourth-order valence-corrected chi connectivity index (χ4v) is 2.34. The second-order valence-electron chi connectivity index (χ2n) is 5.47. The molecule has 2 amide bonds. The molecular weight excluding hydrogens is 320 g/mol. The number of methoxy groups -OCH3 is 2. The van der Waals surface area contributed by atoms with Gasteiger partial charge in [0.1, 0.15) is 18.0 Å². The predicted molar refractivity (Wildman–Crippen MR) is 95.7 cm³/mol. The van der Waals surface area contributed by atoms with Gasteiger partial charge in [0.25, 0.3) is 0 Å². The van der Waals surface area contributed by atoms with Crippen molar-refractivity contribution in [2.24, 2.45) is 0 Å². The van der Waals surface area contributed by atoms with Crippen LogP contribution >= 0.6 is 0 Å². The average molecular weight is 342 g/mol. The zero-order valence-electron chi connectivity index (χ0n) is 14.6. The van der Waals surface area contributed by atoms with E-state index < -0.39 is 0 Å². The highest BCUT2D eigenvalue weighted by Crippen LogP contribution is 2.23. The summed E-state index contributed by atoms with van der Waals surface area (Å²) >= 11 is 0. The molecule has 0 radical (unpaired) electrons. The Hall–Kier alpha value is -3.02. The second-order valence-corrected chi connectivity index (χ2v) is 5.47. The first-order valence-electron chi connectivity index (χ1n) is 7.84. The molecule has 0 aliphatic carbocycles. The van der Waals surface area contributed by atoms with Gasteiger partial charge in [0, 0.05) is 13.5 Å². The van der Waals surface area contributed by atoms with E-state index in [-0.39, 0.29) is 18.4 Å². The number of carbonyl (C=O) groups excluding carboxylic acids is 2. The smallest absolute Gasteiger partial charge is 0.244 e. The fraction of sp³-hybridized carbons (Fsp3) is 0.263. The number of nitrogens with zero attached hydrogens (tertiary/aromatic N) is 1. The number of anilines is 1. The van der Waals surface area contributed by atoms with Crippen molar-refractivity contribution in [1.82, 2.24) is 4.90 Å². The summed E-state index contributed by atoms with van der Waals surface area (Å²) < 4.78 is 10.3. The van der Waals surface area contributed by atoms with Gasteiger partial charge in [-0.15, -0.1) is 0 Å². The van der Waals surface area contributed by atoms with E-state index in [4.69, 9.17) is 9.47 Å². The largest absolute Gasteiger partial charge is 0.497 e. The van der Waals surface area contributed by atoms with Crippen LogP contribution in [-0.2, 0) is 16.1 Å². The number of nitrogens with one attached hydrogen (secondary N) is 1. The van der Waals surface area contributed by atoms with E-state index in [1.54, 1.807) is 25.3 Å². The number of para-hydroxylation sites is 2. The monoisotopic (exact) mass is 342 g/mol. The van der Waals surface area contributed by atoms with Gasteiger partial charge in [0.15, 0.2) is 0 Å². The minimum absolute atomic E-state index is 0.0423. The summed E-state index contributed by atoms with van der Waals surface area (Å²) in [6.07, 6.45) is 0. The third-order valence-electron chi connectivity index (χ3n) is 3.69. The van der Waals surface area contributed by atoms with Crippen molar-refractivity contribution in [2.75, 3.05) is 26.1 Å². The van der Waals surface area contributed by atoms with E-state index in [2.05, 4.69) is 5.32 Å². The Kier molecular flexibility index (Phi) is 6.39. The Morgan fingerprint density at radius 1 is 1.00 bits per heavy atom. The minimum Gasteiger partial charge on any atom is -0.497 e. The maximum atomic E-state index is 12.3. The Balaban J connectivity index is 2.02. The molecular formula is C19H22N2O4. The van der Waals surface area contributed by atoms with Gasteiger partial charge in [-0.3, -0.25) is 9.59 Å². The van der Waals surface area contributed by atoms with Gasteiger partial charge in [0.05, 0.1) is 19.9 Å². The van der Waals surface area contributed by atoms with Gasteiger partial charge in [-0.2, -0.15) is 0 Å². The third kappa shape index (κ3) is 5.24. The lowest BCUT2D eigenvalue weighted by Crippen LogP contribution is -2.36. The van der Waals surface area contributed by atoms with Crippen LogP contribution in [0.5, 0.6) is 11.5 Å². The van der Waals surface area contributed by atoms with Crippen LogP contribution in [0.4, 0.5) is 5.69 Å². The number of carbonyl (C=O) groups is 2. The van der Waals surface area contributed by atoms with Crippen molar-refractivity contribution in [3.8, 4) is 11.5 Å². The van der Waals surface area contributed by atoms with E-state index in [1.165, 1.54) is 18.9 Å². The highest BCUT2D eigenvalue weighted by molar-refractivity contribution is 5.95. The van der Waals surface area contributed by atoms with Gasteiger partial charge in [-0.25, -0.2) is 0 Å². The summed E-state index contributed by atoms with van der Waals surface area (Å²) in [5.74, 6) is 0.853. The molecule has 0 atom stereocenters. The molecule has 0 spiro atoms. The van der Waals surface area contributed by atoms with Crippen molar-refractivity contribution < 1.29 is 19.1 Å². The number of amides is 2. The molecule has 0 aliphatic rings. The Bertz CT molecular complexity index is 728. The lowest BCUT2D eigenvalue weighted by Gasteiger charge is -2.21. The highest BCUT2D eigenvalue weighted by Gasteiger charge is 2.15. The van der Waals surface area contributed by atoms with E-state index in [0.717, 1.165) is 11.3 Å². The molecule has 0 saturated heterocycles. The topological polar surface area (TPSA) is 67.9 Å². The first-order chi connectivity index (χ1) is 12.0. The molecule has 0 aliphatic heterocycles. The average Bonchev–Trinajstić information content (AvgIpc) is 2.62. The molecule has 2 rings (SSSR count). The molecule has 0 bridgehead atoms. The van der Waals surface area contributed by atoms with Crippen molar-refractivity contribution in [3.05, 3.63) is 54.1 Å². The Labute approximate surface area is 147 Å². The van der Waals surface area contributed by atoms with Crippen LogP contribution in [0.3, 0.4) is 0 Å². The summed E-state index contributed by atoms with van der Waals surface area (Å²) in [4.78, 5) is 25.7. The third-order valence-corrected chi connectivity index (χ3v) is 3.69. The van der Waals surface area contributed by atoms with Crippen molar-refractivity contribution in [1.29, 1.82) is 0 Å². The normalized spacial score (nSPS) is 10.0. The van der Waals surface area contributed by atoms with Crippen molar-refractivity contribution in [3.63, 3.8) is 0 Å². The predicted octanol–water partition coefficient (Wildman–Crippen LogP) is 2.69. The summed E-state index contributed by atoms with van der Waals surface area (Å²) in [5, 5.41) is 2.77. The fourth-order valence-electron chi connectivity index (χ4n) is 2.34. The first kappa shape index (κ1) is 18.3. The van der Waals surface area contributed by atoms with Crippen LogP contribution in [0.2, 0.25) is 0 Å². The SMILES string of the molecule is COc1ccc(CN(CC(=O)Nc2ccccc2OC)C(C)=O)cc1. The number of rotatable bonds is 7. The van der Waals surface area contributed by atoms with E-state index >= 15 is 0 Å². The van der Waals surface area contributed by atoms with Crippen molar-refractivity contribution in [2.45, 2.75) is 13.5 Å². The highest BCUT2D eigenvalue weighted by atomic mass is 16.5. The molecule has 0 fully saturated rings. The van der Waals surface area contributed by atoms with Crippen molar-refractivity contribution >= 4 is 17.5 Å². The van der Waals surface area contributed by atoms with Gasteiger partial charge < -0.3 is 19.7 Å². The summed E-state index contributed by atoms with van der Waals surface area (Å²) in [6, 6.07) is 14.5. The van der Waals surface area contributed by atoms with Crippen LogP contribution in [0, 0.1) is 0 Å². The zero-order valence-corrected chi connectivity index (χ0v) is 14.6. The molecule has 2 aromatic carbocycles. The van der Waals surface area contributed by atoms with Crippen LogP contribution in [-0.4, -0.2) is 37.5 Å². The number of hydrogen-bond acceptors (Lipinski definition) is 4. The van der Waals surface area contributed by atoms with Gasteiger partial charge in [0.2, 0.25) is 11.8 Å². The molecule has 0 heterocycles. The standard InChI is InChI=1S/C19H22N2O4/c1-14(22)21(12-15-8-10-16(24-2)11-9-15)13-19(23)20-17-6-4-5-7-18(17)25-3/h4-11H,12-13H2,1-3H3,(H,20,23). The molecule has 0 saturated carbocycles. The van der Waals surface area contributed by atoms with Gasteiger partial charge >= 0.3 is 0 Å². The molecule has 132 valence electrons. The summed E-state index contributed by atoms with van der Waals surface area (Å²) in [6.45, 7) is 1.75. The van der Waals surface area contributed by atoms with Crippen LogP contribution < -0.4 is 14.8 Å². The lowest BCUT2D eigenvalue weighted by molar-refractivity contribution is -0.133. The quantitative estimate of drug-likeness (QED) is 0.840. The van der Waals surface area contributed by atoms with Crippen LogP contribution in [0.15, 0.2) is 48.5 Å². The molecule has 6 nitrogen and oxygen atoms in total. The van der Waals surface area contributed by atoms with E-state index in [1.807, 2.05) is 30.3 Å². The number of hydrogen-bond donors (Lipinski definition) is 1. The zero-order chi connectivity index (χ0) is 18.2. The summed E-state index contributed by atoms with van der Waals surface area (Å²) in [5.41, 5.74) is 1.49. The first-order valence-corrected chi connectivity index (χ1v) is 7.84. The number of benzene rings is 2. The minimum atomic E-state index is -0.284. The lowest BCUT2D eigenvalue weighted by atomic mass is 10.2. The Morgan fingerprint density at radius 2 is 1.68 bits per heavy atom. The summed E-state index contributed by atoms with van der Waals surface area (Å²) in [7, 11) is 3.13. The maximum absolute atomic E-state index is 12.3. The molecule has 25 heavy (non-hydrogen) atoms.